The van der Waals surface area contributed by atoms with Crippen LogP contribution in [0.1, 0.15) is 30.1 Å². The van der Waals surface area contributed by atoms with Gasteiger partial charge in [-0.05, 0) is 49.6 Å². The first-order valence-corrected chi connectivity index (χ1v) is 10.4. The molecule has 0 atom stereocenters. The molecular formula is C20H21N3O3S. The van der Waals surface area contributed by atoms with Crippen LogP contribution in [0.15, 0.2) is 64.0 Å². The second kappa shape index (κ2) is 7.25. The summed E-state index contributed by atoms with van der Waals surface area (Å²) in [5, 5.41) is 4.12. The molecule has 140 valence electrons. The van der Waals surface area contributed by atoms with Gasteiger partial charge in [0.15, 0.2) is 5.82 Å². The molecule has 0 aliphatic carbocycles. The van der Waals surface area contributed by atoms with Crippen molar-refractivity contribution < 1.29 is 12.9 Å². The molecule has 27 heavy (non-hydrogen) atoms. The van der Waals surface area contributed by atoms with E-state index in [-0.39, 0.29) is 5.92 Å². The van der Waals surface area contributed by atoms with Crippen LogP contribution in [-0.2, 0) is 10.0 Å². The van der Waals surface area contributed by atoms with E-state index in [1.165, 1.54) is 0 Å². The number of hydrogen-bond donors (Lipinski definition) is 0. The number of hydrogen-bond acceptors (Lipinski definition) is 5. The zero-order valence-electron chi connectivity index (χ0n) is 15.1. The zero-order valence-corrected chi connectivity index (χ0v) is 15.9. The summed E-state index contributed by atoms with van der Waals surface area (Å²) >= 11 is 0. The minimum absolute atomic E-state index is 0.107. The Morgan fingerprint density at radius 2 is 1.78 bits per heavy atom. The van der Waals surface area contributed by atoms with Crippen LogP contribution in [0, 0.1) is 6.92 Å². The highest BCUT2D eigenvalue weighted by atomic mass is 32.2. The molecule has 1 saturated heterocycles. The van der Waals surface area contributed by atoms with Crippen LogP contribution in [-0.4, -0.2) is 36.0 Å². The third-order valence-corrected chi connectivity index (χ3v) is 6.80. The Morgan fingerprint density at radius 1 is 1.04 bits per heavy atom. The molecule has 0 radical (unpaired) electrons. The van der Waals surface area contributed by atoms with Gasteiger partial charge in [-0.3, -0.25) is 0 Å². The third-order valence-electron chi connectivity index (χ3n) is 4.91. The van der Waals surface area contributed by atoms with Crippen LogP contribution in [0.5, 0.6) is 0 Å². The van der Waals surface area contributed by atoms with E-state index in [4.69, 9.17) is 4.52 Å². The number of aromatic nitrogens is 2. The maximum absolute atomic E-state index is 12.8. The standard InChI is InChI=1S/C20H21N3O3S/c1-15-6-5-9-18(14-15)27(24,25)23-12-10-16(11-13-23)19-21-20(26-22-19)17-7-3-2-4-8-17/h2-9,14,16H,10-13H2,1H3. The Bertz CT molecular complexity index is 1020. The number of piperidine rings is 1. The van der Waals surface area contributed by atoms with Crippen LogP contribution in [0.25, 0.3) is 11.5 Å². The normalized spacial score (nSPS) is 16.5. The minimum atomic E-state index is -3.46. The molecule has 7 heteroatoms. The molecule has 3 aromatic rings. The minimum Gasteiger partial charge on any atom is -0.334 e. The van der Waals surface area contributed by atoms with Crippen molar-refractivity contribution in [2.45, 2.75) is 30.6 Å². The molecule has 0 N–H and O–H groups in total. The summed E-state index contributed by atoms with van der Waals surface area (Å²) in [7, 11) is -3.46. The lowest BCUT2D eigenvalue weighted by Gasteiger charge is -2.29. The molecule has 1 fully saturated rings. The smallest absolute Gasteiger partial charge is 0.257 e. The predicted octanol–water partition coefficient (Wildman–Crippen LogP) is 3.61. The molecule has 2 heterocycles. The van der Waals surface area contributed by atoms with Crippen molar-refractivity contribution >= 4 is 10.0 Å². The molecule has 1 aromatic heterocycles. The quantitative estimate of drug-likeness (QED) is 0.688. The summed E-state index contributed by atoms with van der Waals surface area (Å²) < 4.78 is 32.6. The molecule has 0 bridgehead atoms. The van der Waals surface area contributed by atoms with E-state index in [2.05, 4.69) is 10.1 Å². The summed E-state index contributed by atoms with van der Waals surface area (Å²) in [6, 6.07) is 16.7. The fourth-order valence-electron chi connectivity index (χ4n) is 3.38. The van der Waals surface area contributed by atoms with E-state index in [0.717, 1.165) is 11.1 Å². The lowest BCUT2D eigenvalue weighted by atomic mass is 9.97. The van der Waals surface area contributed by atoms with E-state index < -0.39 is 10.0 Å². The van der Waals surface area contributed by atoms with E-state index in [0.29, 0.717) is 42.5 Å². The van der Waals surface area contributed by atoms with Crippen molar-refractivity contribution in [3.63, 3.8) is 0 Å². The fraction of sp³-hybridized carbons (Fsp3) is 0.300. The first kappa shape index (κ1) is 17.9. The van der Waals surface area contributed by atoms with E-state index in [9.17, 15) is 8.42 Å². The van der Waals surface area contributed by atoms with Gasteiger partial charge in [-0.2, -0.15) is 9.29 Å². The van der Waals surface area contributed by atoms with Crippen LogP contribution < -0.4 is 0 Å². The van der Waals surface area contributed by atoms with Crippen LogP contribution in [0.2, 0.25) is 0 Å². The largest absolute Gasteiger partial charge is 0.334 e. The Balaban J connectivity index is 1.46. The lowest BCUT2D eigenvalue weighted by molar-refractivity contribution is 0.307. The van der Waals surface area contributed by atoms with Gasteiger partial charge in [-0.1, -0.05) is 35.5 Å². The van der Waals surface area contributed by atoms with Crippen molar-refractivity contribution in [3.8, 4) is 11.5 Å². The summed E-state index contributed by atoms with van der Waals surface area (Å²) in [5.74, 6) is 1.26. The van der Waals surface area contributed by atoms with Crippen molar-refractivity contribution in [1.29, 1.82) is 0 Å². The van der Waals surface area contributed by atoms with Gasteiger partial charge in [0.25, 0.3) is 5.89 Å². The van der Waals surface area contributed by atoms with Crippen molar-refractivity contribution in [3.05, 3.63) is 66.0 Å². The van der Waals surface area contributed by atoms with E-state index >= 15 is 0 Å². The monoisotopic (exact) mass is 383 g/mol. The topological polar surface area (TPSA) is 76.3 Å². The molecule has 4 rings (SSSR count). The van der Waals surface area contributed by atoms with Gasteiger partial charge >= 0.3 is 0 Å². The van der Waals surface area contributed by atoms with Gasteiger partial charge in [-0.15, -0.1) is 0 Å². The molecule has 0 saturated carbocycles. The molecule has 0 amide bonds. The Morgan fingerprint density at radius 3 is 2.48 bits per heavy atom. The first-order chi connectivity index (χ1) is 13.0. The average Bonchev–Trinajstić information content (AvgIpc) is 3.19. The van der Waals surface area contributed by atoms with Gasteiger partial charge in [0.2, 0.25) is 10.0 Å². The van der Waals surface area contributed by atoms with Crippen molar-refractivity contribution in [2.24, 2.45) is 0 Å². The average molecular weight is 383 g/mol. The number of rotatable bonds is 4. The van der Waals surface area contributed by atoms with E-state index in [1.54, 1.807) is 22.5 Å². The van der Waals surface area contributed by atoms with Crippen molar-refractivity contribution in [1.82, 2.24) is 14.4 Å². The summed E-state index contributed by atoms with van der Waals surface area (Å²) in [6.07, 6.45) is 1.36. The number of nitrogens with zero attached hydrogens (tertiary/aromatic N) is 3. The molecule has 0 unspecified atom stereocenters. The zero-order chi connectivity index (χ0) is 18.9. The highest BCUT2D eigenvalue weighted by Crippen LogP contribution is 2.30. The van der Waals surface area contributed by atoms with Gasteiger partial charge in [0.1, 0.15) is 0 Å². The Kier molecular flexibility index (Phi) is 4.80. The lowest BCUT2D eigenvalue weighted by Crippen LogP contribution is -2.38. The summed E-state index contributed by atoms with van der Waals surface area (Å²) in [5.41, 5.74) is 1.82. The third kappa shape index (κ3) is 3.65. The summed E-state index contributed by atoms with van der Waals surface area (Å²) in [4.78, 5) is 4.87. The molecule has 1 aliphatic heterocycles. The second-order valence-corrected chi connectivity index (χ2v) is 8.76. The maximum atomic E-state index is 12.8. The second-order valence-electron chi connectivity index (χ2n) is 6.82. The maximum Gasteiger partial charge on any atom is 0.257 e. The van der Waals surface area contributed by atoms with Gasteiger partial charge < -0.3 is 4.52 Å². The molecule has 1 aliphatic rings. The van der Waals surface area contributed by atoms with Crippen LogP contribution >= 0.6 is 0 Å². The van der Waals surface area contributed by atoms with Crippen molar-refractivity contribution in [2.75, 3.05) is 13.1 Å². The number of benzene rings is 2. The predicted molar refractivity (Wildman–Crippen MR) is 102 cm³/mol. The van der Waals surface area contributed by atoms with Gasteiger partial charge in [-0.25, -0.2) is 8.42 Å². The van der Waals surface area contributed by atoms with Crippen LogP contribution in [0.4, 0.5) is 0 Å². The summed E-state index contributed by atoms with van der Waals surface area (Å²) in [6.45, 7) is 2.80. The highest BCUT2D eigenvalue weighted by Gasteiger charge is 2.31. The van der Waals surface area contributed by atoms with Gasteiger partial charge in [0, 0.05) is 24.6 Å². The number of sulfonamides is 1. The fourth-order valence-corrected chi connectivity index (χ4v) is 4.95. The van der Waals surface area contributed by atoms with E-state index in [1.807, 2.05) is 43.3 Å². The van der Waals surface area contributed by atoms with Gasteiger partial charge in [0.05, 0.1) is 4.90 Å². The van der Waals surface area contributed by atoms with Crippen LogP contribution in [0.3, 0.4) is 0 Å². The molecule has 6 nitrogen and oxygen atoms in total. The SMILES string of the molecule is Cc1cccc(S(=O)(=O)N2CCC(c3noc(-c4ccccc4)n3)CC2)c1. The molecular weight excluding hydrogens is 362 g/mol. The highest BCUT2D eigenvalue weighted by molar-refractivity contribution is 7.89. The number of aryl methyl sites for hydroxylation is 1. The molecule has 2 aromatic carbocycles. The Labute approximate surface area is 158 Å². The Hall–Kier alpha value is -2.51. The first-order valence-electron chi connectivity index (χ1n) is 9.00. The molecule has 0 spiro atoms.